The first-order chi connectivity index (χ1) is 10.1. The zero-order chi connectivity index (χ0) is 15.7. The van der Waals surface area contributed by atoms with E-state index in [4.69, 9.17) is 5.11 Å². The third kappa shape index (κ3) is 6.29. The number of aliphatic hydroxyl groups excluding tert-OH is 1. The molecular weight excluding hydrogens is 264 g/mol. The second-order valence-electron chi connectivity index (χ2n) is 5.75. The smallest absolute Gasteiger partial charge is 0.135 e. The van der Waals surface area contributed by atoms with Gasteiger partial charge >= 0.3 is 0 Å². The molecule has 0 aliphatic carbocycles. The van der Waals surface area contributed by atoms with Crippen LogP contribution >= 0.6 is 0 Å². The largest absolute Gasteiger partial charge is 0.396 e. The predicted molar refractivity (Wildman–Crippen MR) is 88.9 cm³/mol. The summed E-state index contributed by atoms with van der Waals surface area (Å²) in [6.45, 7) is 10.5. The SMILES string of the molecule is CCCNc1cc(NCC(CC)CCO)nc(C(C)C)n1. The number of hydrogen-bond donors (Lipinski definition) is 3. The van der Waals surface area contributed by atoms with Gasteiger partial charge in [0.2, 0.25) is 0 Å². The first kappa shape index (κ1) is 17.7. The lowest BCUT2D eigenvalue weighted by molar-refractivity contribution is 0.258. The first-order valence-electron chi connectivity index (χ1n) is 8.08. The molecule has 3 N–H and O–H groups in total. The third-order valence-electron chi connectivity index (χ3n) is 3.50. The van der Waals surface area contributed by atoms with Crippen LogP contribution in [0, 0.1) is 5.92 Å². The molecule has 21 heavy (non-hydrogen) atoms. The number of hydrogen-bond acceptors (Lipinski definition) is 5. The molecule has 0 radical (unpaired) electrons. The van der Waals surface area contributed by atoms with E-state index in [1.54, 1.807) is 0 Å². The second-order valence-corrected chi connectivity index (χ2v) is 5.75. The van der Waals surface area contributed by atoms with Crippen LogP contribution < -0.4 is 10.6 Å². The van der Waals surface area contributed by atoms with Crippen LogP contribution in [0.15, 0.2) is 6.07 Å². The van der Waals surface area contributed by atoms with Gasteiger partial charge in [0.15, 0.2) is 0 Å². The van der Waals surface area contributed by atoms with Gasteiger partial charge in [0.1, 0.15) is 17.5 Å². The molecule has 0 aromatic carbocycles. The molecule has 1 heterocycles. The van der Waals surface area contributed by atoms with E-state index in [-0.39, 0.29) is 6.61 Å². The number of rotatable bonds is 10. The monoisotopic (exact) mass is 294 g/mol. The maximum absolute atomic E-state index is 9.06. The van der Waals surface area contributed by atoms with Crippen molar-refractivity contribution in [1.29, 1.82) is 0 Å². The van der Waals surface area contributed by atoms with Gasteiger partial charge in [-0.1, -0.05) is 34.1 Å². The average Bonchev–Trinajstić information content (AvgIpc) is 2.49. The Morgan fingerprint density at radius 2 is 1.81 bits per heavy atom. The van der Waals surface area contributed by atoms with Crippen molar-refractivity contribution in [3.8, 4) is 0 Å². The Hall–Kier alpha value is -1.36. The summed E-state index contributed by atoms with van der Waals surface area (Å²) in [4.78, 5) is 9.13. The minimum atomic E-state index is 0.241. The van der Waals surface area contributed by atoms with E-state index in [2.05, 4.69) is 48.3 Å². The Balaban J connectivity index is 2.76. The van der Waals surface area contributed by atoms with E-state index in [0.29, 0.717) is 11.8 Å². The predicted octanol–water partition coefficient (Wildman–Crippen LogP) is 3.24. The zero-order valence-corrected chi connectivity index (χ0v) is 13.8. The molecule has 0 bridgehead atoms. The molecule has 120 valence electrons. The Labute approximate surface area is 128 Å². The van der Waals surface area contributed by atoms with E-state index in [9.17, 15) is 0 Å². The number of anilines is 2. The molecule has 1 unspecified atom stereocenters. The summed E-state index contributed by atoms with van der Waals surface area (Å²) in [6.07, 6.45) is 2.95. The van der Waals surface area contributed by atoms with Crippen LogP contribution in [0.2, 0.25) is 0 Å². The topological polar surface area (TPSA) is 70.1 Å². The highest BCUT2D eigenvalue weighted by molar-refractivity contribution is 5.47. The van der Waals surface area contributed by atoms with Gasteiger partial charge in [-0.25, -0.2) is 9.97 Å². The molecule has 1 aromatic rings. The molecule has 0 aliphatic heterocycles. The van der Waals surface area contributed by atoms with Gasteiger partial charge in [-0.05, 0) is 18.8 Å². The summed E-state index contributed by atoms with van der Waals surface area (Å²) in [5, 5.41) is 15.8. The summed E-state index contributed by atoms with van der Waals surface area (Å²) in [6, 6.07) is 1.97. The summed E-state index contributed by atoms with van der Waals surface area (Å²) in [5.41, 5.74) is 0. The van der Waals surface area contributed by atoms with E-state index in [1.807, 2.05) is 6.07 Å². The van der Waals surface area contributed by atoms with Crippen LogP contribution in [0.25, 0.3) is 0 Å². The highest BCUT2D eigenvalue weighted by atomic mass is 16.3. The van der Waals surface area contributed by atoms with Gasteiger partial charge in [0.25, 0.3) is 0 Å². The van der Waals surface area contributed by atoms with Crippen LogP contribution in [-0.2, 0) is 0 Å². The molecule has 0 aliphatic rings. The number of aliphatic hydroxyl groups is 1. The van der Waals surface area contributed by atoms with Crippen molar-refractivity contribution in [2.24, 2.45) is 5.92 Å². The fraction of sp³-hybridized carbons (Fsp3) is 0.750. The highest BCUT2D eigenvalue weighted by Crippen LogP contribution is 2.18. The molecule has 0 saturated heterocycles. The number of nitrogens with zero attached hydrogens (tertiary/aromatic N) is 2. The van der Waals surface area contributed by atoms with E-state index in [0.717, 1.165) is 49.8 Å². The van der Waals surface area contributed by atoms with Crippen molar-refractivity contribution in [1.82, 2.24) is 9.97 Å². The van der Waals surface area contributed by atoms with Crippen LogP contribution in [0.1, 0.15) is 58.7 Å². The normalized spacial score (nSPS) is 12.5. The lowest BCUT2D eigenvalue weighted by Crippen LogP contribution is -2.17. The zero-order valence-electron chi connectivity index (χ0n) is 13.8. The van der Waals surface area contributed by atoms with Gasteiger partial charge < -0.3 is 15.7 Å². The molecule has 0 saturated carbocycles. The van der Waals surface area contributed by atoms with Crippen molar-refractivity contribution in [2.75, 3.05) is 30.3 Å². The van der Waals surface area contributed by atoms with Crippen LogP contribution in [-0.4, -0.2) is 34.8 Å². The van der Waals surface area contributed by atoms with Crippen molar-refractivity contribution < 1.29 is 5.11 Å². The Morgan fingerprint density at radius 1 is 1.14 bits per heavy atom. The molecule has 1 atom stereocenters. The highest BCUT2D eigenvalue weighted by Gasteiger charge is 2.10. The summed E-state index contributed by atoms with van der Waals surface area (Å²) in [7, 11) is 0. The second kappa shape index (κ2) is 9.55. The molecule has 0 amide bonds. The Kier molecular flexibility index (Phi) is 8.05. The fourth-order valence-electron chi connectivity index (χ4n) is 2.04. The van der Waals surface area contributed by atoms with Crippen LogP contribution in [0.4, 0.5) is 11.6 Å². The molecular formula is C16H30N4O. The molecule has 1 rings (SSSR count). The van der Waals surface area contributed by atoms with Gasteiger partial charge in [0, 0.05) is 31.7 Å². The number of aromatic nitrogens is 2. The Morgan fingerprint density at radius 3 is 2.33 bits per heavy atom. The van der Waals surface area contributed by atoms with Gasteiger partial charge in [0.05, 0.1) is 0 Å². The van der Waals surface area contributed by atoms with Crippen molar-refractivity contribution in [3.63, 3.8) is 0 Å². The van der Waals surface area contributed by atoms with Gasteiger partial charge in [-0.15, -0.1) is 0 Å². The Bertz CT molecular complexity index is 409. The van der Waals surface area contributed by atoms with Gasteiger partial charge in [-0.3, -0.25) is 0 Å². The summed E-state index contributed by atoms with van der Waals surface area (Å²) >= 11 is 0. The lowest BCUT2D eigenvalue weighted by atomic mass is 10.0. The average molecular weight is 294 g/mol. The molecule has 0 spiro atoms. The first-order valence-corrected chi connectivity index (χ1v) is 8.08. The number of nitrogens with one attached hydrogen (secondary N) is 2. The quantitative estimate of drug-likeness (QED) is 0.618. The van der Waals surface area contributed by atoms with Crippen molar-refractivity contribution in [3.05, 3.63) is 11.9 Å². The van der Waals surface area contributed by atoms with Crippen molar-refractivity contribution in [2.45, 2.75) is 52.9 Å². The molecule has 0 fully saturated rings. The van der Waals surface area contributed by atoms with Crippen LogP contribution in [0.5, 0.6) is 0 Å². The van der Waals surface area contributed by atoms with E-state index >= 15 is 0 Å². The standard InChI is InChI=1S/C16H30N4O/c1-5-8-17-14-10-15(20-16(19-14)12(3)4)18-11-13(6-2)7-9-21/h10,12-13,21H,5-9,11H2,1-4H3,(H2,17,18,19,20). The maximum atomic E-state index is 9.06. The lowest BCUT2D eigenvalue weighted by Gasteiger charge is -2.16. The van der Waals surface area contributed by atoms with Crippen LogP contribution in [0.3, 0.4) is 0 Å². The van der Waals surface area contributed by atoms with E-state index < -0.39 is 0 Å². The molecule has 5 nitrogen and oxygen atoms in total. The maximum Gasteiger partial charge on any atom is 0.135 e. The minimum Gasteiger partial charge on any atom is -0.396 e. The van der Waals surface area contributed by atoms with Crippen molar-refractivity contribution >= 4 is 11.6 Å². The summed E-state index contributed by atoms with van der Waals surface area (Å²) in [5.74, 6) is 3.37. The minimum absolute atomic E-state index is 0.241. The van der Waals surface area contributed by atoms with E-state index in [1.165, 1.54) is 0 Å². The summed E-state index contributed by atoms with van der Waals surface area (Å²) < 4.78 is 0. The third-order valence-corrected chi connectivity index (χ3v) is 3.50. The van der Waals surface area contributed by atoms with Gasteiger partial charge in [-0.2, -0.15) is 0 Å². The fourth-order valence-corrected chi connectivity index (χ4v) is 2.04. The molecule has 5 heteroatoms. The molecule has 1 aromatic heterocycles.